The molecular weight excluding hydrogens is 416 g/mol. The van der Waals surface area contributed by atoms with Crippen LogP contribution in [0.25, 0.3) is 17.2 Å². The van der Waals surface area contributed by atoms with Crippen LogP contribution in [-0.4, -0.2) is 27.0 Å². The minimum Gasteiger partial charge on any atom is -0.494 e. The molecule has 2 aromatic heterocycles. The number of benzene rings is 2. The molecule has 4 aromatic rings. The summed E-state index contributed by atoms with van der Waals surface area (Å²) in [6.07, 6.45) is 4.68. The van der Waals surface area contributed by atoms with Gasteiger partial charge in [-0.05, 0) is 54.2 Å². The maximum Gasteiger partial charge on any atom is 0.231 e. The first-order valence-electron chi connectivity index (χ1n) is 9.12. The highest BCUT2D eigenvalue weighted by Crippen LogP contribution is 2.37. The van der Waals surface area contributed by atoms with Crippen molar-refractivity contribution in [2.45, 2.75) is 0 Å². The number of imidazole rings is 1. The topological polar surface area (TPSA) is 138 Å². The number of nitrogens with one attached hydrogen (secondary N) is 3. The number of hydrogen-bond donors (Lipinski definition) is 4. The number of methoxy groups -OCH3 is 1. The lowest BCUT2D eigenvalue weighted by atomic mass is 10.1. The number of hydrogen-bond acceptors (Lipinski definition) is 8. The quantitative estimate of drug-likeness (QED) is 0.353. The van der Waals surface area contributed by atoms with Crippen LogP contribution in [0.4, 0.5) is 23.1 Å². The largest absolute Gasteiger partial charge is 0.494 e. The van der Waals surface area contributed by atoms with Crippen molar-refractivity contribution < 1.29 is 4.74 Å². The van der Waals surface area contributed by atoms with Crippen LogP contribution < -0.4 is 21.1 Å². The van der Waals surface area contributed by atoms with Gasteiger partial charge in [-0.25, -0.2) is 4.98 Å². The summed E-state index contributed by atoms with van der Waals surface area (Å²) in [6, 6.07) is 12.6. The van der Waals surface area contributed by atoms with Crippen molar-refractivity contribution in [2.24, 2.45) is 5.73 Å². The monoisotopic (exact) mass is 432 g/mol. The highest BCUT2D eigenvalue weighted by atomic mass is 35.5. The van der Waals surface area contributed by atoms with Crippen LogP contribution in [0.2, 0.25) is 5.02 Å². The predicted octanol–water partition coefficient (Wildman–Crippen LogP) is 4.30. The summed E-state index contributed by atoms with van der Waals surface area (Å²) >= 11 is 6.49. The first kappa shape index (κ1) is 20.0. The van der Waals surface area contributed by atoms with E-state index in [2.05, 4.69) is 36.6 Å². The Balaban J connectivity index is 1.72. The Morgan fingerprint density at radius 3 is 2.71 bits per heavy atom. The fraction of sp³-hybridized carbons (Fsp3) is 0.0476. The summed E-state index contributed by atoms with van der Waals surface area (Å²) in [5.74, 6) is 1.30. The van der Waals surface area contributed by atoms with E-state index in [1.165, 1.54) is 12.5 Å². The zero-order valence-electron chi connectivity index (χ0n) is 16.3. The second-order valence-electron chi connectivity index (χ2n) is 6.38. The summed E-state index contributed by atoms with van der Waals surface area (Å²) in [5, 5.41) is 15.7. The molecule has 0 saturated carbocycles. The first-order valence-corrected chi connectivity index (χ1v) is 9.50. The van der Waals surface area contributed by atoms with Gasteiger partial charge >= 0.3 is 0 Å². The lowest BCUT2D eigenvalue weighted by Gasteiger charge is -2.15. The summed E-state index contributed by atoms with van der Waals surface area (Å²) in [5.41, 5.74) is 9.18. The van der Waals surface area contributed by atoms with Gasteiger partial charge in [0.05, 0.1) is 30.1 Å². The molecule has 10 heteroatoms. The average molecular weight is 433 g/mol. The van der Waals surface area contributed by atoms with E-state index in [1.54, 1.807) is 49.6 Å². The van der Waals surface area contributed by atoms with Crippen molar-refractivity contribution in [2.75, 3.05) is 17.7 Å². The fourth-order valence-corrected chi connectivity index (χ4v) is 3.21. The van der Waals surface area contributed by atoms with Gasteiger partial charge in [-0.3, -0.25) is 0 Å². The molecule has 9 nitrogen and oxygen atoms in total. The second-order valence-corrected chi connectivity index (χ2v) is 6.78. The molecule has 2 heterocycles. The summed E-state index contributed by atoms with van der Waals surface area (Å²) in [7, 11) is 1.55. The van der Waals surface area contributed by atoms with E-state index in [0.717, 1.165) is 11.3 Å². The first-order chi connectivity index (χ1) is 15.1. The molecule has 0 amide bonds. The fourth-order valence-electron chi connectivity index (χ4n) is 2.95. The number of nitrogens with two attached hydrogens (primary N) is 1. The van der Waals surface area contributed by atoms with E-state index in [4.69, 9.17) is 27.3 Å². The summed E-state index contributed by atoms with van der Waals surface area (Å²) in [6.45, 7) is 0. The molecule has 0 spiro atoms. The Bertz CT molecular complexity index is 1310. The molecule has 31 heavy (non-hydrogen) atoms. The minimum absolute atomic E-state index is 0.324. The van der Waals surface area contributed by atoms with E-state index >= 15 is 0 Å². The van der Waals surface area contributed by atoms with Crippen molar-refractivity contribution in [3.05, 3.63) is 65.1 Å². The van der Waals surface area contributed by atoms with E-state index in [-0.39, 0.29) is 0 Å². The van der Waals surface area contributed by atoms with Gasteiger partial charge in [0.2, 0.25) is 5.95 Å². The number of nitriles is 1. The van der Waals surface area contributed by atoms with Gasteiger partial charge in [-0.15, -0.1) is 0 Å². The zero-order valence-corrected chi connectivity index (χ0v) is 17.1. The third-order valence-electron chi connectivity index (χ3n) is 4.38. The number of ether oxygens (including phenoxy) is 1. The van der Waals surface area contributed by atoms with Gasteiger partial charge in [0, 0.05) is 5.69 Å². The van der Waals surface area contributed by atoms with Gasteiger partial charge in [0.1, 0.15) is 17.0 Å². The number of H-pyrrole nitrogens is 1. The smallest absolute Gasteiger partial charge is 0.231 e. The van der Waals surface area contributed by atoms with Crippen LogP contribution >= 0.6 is 11.6 Å². The van der Waals surface area contributed by atoms with E-state index < -0.39 is 0 Å². The van der Waals surface area contributed by atoms with Gasteiger partial charge < -0.3 is 26.1 Å². The van der Waals surface area contributed by atoms with Gasteiger partial charge in [0.15, 0.2) is 11.5 Å². The number of aromatic amines is 1. The van der Waals surface area contributed by atoms with E-state index in [1.807, 2.05) is 0 Å². The predicted molar refractivity (Wildman–Crippen MR) is 121 cm³/mol. The molecule has 0 bridgehead atoms. The van der Waals surface area contributed by atoms with Crippen LogP contribution in [0.15, 0.2) is 48.9 Å². The molecule has 0 radical (unpaired) electrons. The number of anilines is 4. The maximum atomic E-state index is 8.96. The number of fused-ring (bicyclic) bond motifs is 1. The van der Waals surface area contributed by atoms with Crippen molar-refractivity contribution in [1.29, 1.82) is 5.26 Å². The normalized spacial score (nSPS) is 10.9. The molecule has 0 fully saturated rings. The van der Waals surface area contributed by atoms with Crippen molar-refractivity contribution in [1.82, 2.24) is 19.9 Å². The lowest BCUT2D eigenvalue weighted by molar-refractivity contribution is 0.416. The highest BCUT2D eigenvalue weighted by Gasteiger charge is 2.16. The van der Waals surface area contributed by atoms with E-state index in [0.29, 0.717) is 45.0 Å². The number of halogens is 1. The van der Waals surface area contributed by atoms with Crippen LogP contribution in [0.5, 0.6) is 5.75 Å². The Labute approximate surface area is 182 Å². The Hall–Kier alpha value is -4.29. The number of aromatic nitrogens is 4. The van der Waals surface area contributed by atoms with Crippen LogP contribution in [0.1, 0.15) is 11.1 Å². The molecule has 2 aromatic carbocycles. The highest BCUT2D eigenvalue weighted by molar-refractivity contribution is 6.34. The number of rotatable bonds is 6. The Morgan fingerprint density at radius 2 is 2.00 bits per heavy atom. The second kappa shape index (κ2) is 8.61. The molecule has 4 rings (SSSR count). The van der Waals surface area contributed by atoms with Crippen molar-refractivity contribution in [3.63, 3.8) is 0 Å². The van der Waals surface area contributed by atoms with Gasteiger partial charge in [0.25, 0.3) is 0 Å². The molecule has 5 N–H and O–H groups in total. The molecule has 0 saturated heterocycles. The molecule has 0 atom stereocenters. The molecule has 0 aliphatic rings. The molecular formula is C21H17ClN8O. The van der Waals surface area contributed by atoms with E-state index in [9.17, 15) is 0 Å². The maximum absolute atomic E-state index is 8.96. The summed E-state index contributed by atoms with van der Waals surface area (Å²) in [4.78, 5) is 16.3. The van der Waals surface area contributed by atoms with Crippen LogP contribution in [0, 0.1) is 11.3 Å². The van der Waals surface area contributed by atoms with Crippen molar-refractivity contribution in [3.8, 4) is 11.8 Å². The molecule has 0 unspecified atom stereocenters. The third kappa shape index (κ3) is 4.19. The average Bonchev–Trinajstić information content (AvgIpc) is 3.25. The molecule has 0 aliphatic heterocycles. The van der Waals surface area contributed by atoms with Crippen LogP contribution in [-0.2, 0) is 0 Å². The SMILES string of the molecule is COc1cc(/C=C/N)cc(Cl)c1Nc1nc(Nc2ccc(C#N)cc2)nc2nc[nH]c12. The number of nitrogens with zero attached hydrogens (tertiary/aromatic N) is 4. The van der Waals surface area contributed by atoms with Crippen LogP contribution in [0.3, 0.4) is 0 Å². The molecule has 0 aliphatic carbocycles. The zero-order chi connectivity index (χ0) is 21.8. The lowest BCUT2D eigenvalue weighted by Crippen LogP contribution is -2.04. The van der Waals surface area contributed by atoms with Gasteiger partial charge in [-0.2, -0.15) is 15.2 Å². The van der Waals surface area contributed by atoms with Gasteiger partial charge in [-0.1, -0.05) is 11.6 Å². The Morgan fingerprint density at radius 1 is 1.19 bits per heavy atom. The standard InChI is InChI=1S/C21H17ClN8O/c1-31-16-9-13(6-7-23)8-15(22)17(16)28-20-18-19(26-11-25-18)29-21(30-20)27-14-4-2-12(10-24)3-5-14/h2-9,11H,23H2,1H3,(H3,25,26,27,28,29,30)/b7-6+. The third-order valence-corrected chi connectivity index (χ3v) is 4.68. The van der Waals surface area contributed by atoms with Crippen molar-refractivity contribution >= 4 is 52.0 Å². The summed E-state index contributed by atoms with van der Waals surface area (Å²) < 4.78 is 5.49. The molecule has 154 valence electrons. The Kier molecular flexibility index (Phi) is 5.55. The minimum atomic E-state index is 0.324.